The van der Waals surface area contributed by atoms with E-state index in [1.165, 1.54) is 12.1 Å². The van der Waals surface area contributed by atoms with Crippen LogP contribution in [0.4, 0.5) is 4.39 Å². The molecule has 128 valence electrons. The Morgan fingerprint density at radius 3 is 2.35 bits per heavy atom. The molecular weight excluding hydrogens is 319 g/mol. The van der Waals surface area contributed by atoms with Crippen molar-refractivity contribution < 1.29 is 17.5 Å². The first-order chi connectivity index (χ1) is 11.0. The van der Waals surface area contributed by atoms with Gasteiger partial charge < -0.3 is 4.74 Å². The second-order valence-electron chi connectivity index (χ2n) is 6.16. The first-order valence-corrected chi connectivity index (χ1v) is 9.47. The van der Waals surface area contributed by atoms with E-state index in [2.05, 4.69) is 0 Å². The van der Waals surface area contributed by atoms with Crippen LogP contribution in [0.5, 0.6) is 0 Å². The van der Waals surface area contributed by atoms with E-state index < -0.39 is 10.2 Å². The predicted octanol–water partition coefficient (Wildman–Crippen LogP) is 2.32. The largest absolute Gasteiger partial charge is 0.381 e. The van der Waals surface area contributed by atoms with Gasteiger partial charge in [-0.3, -0.25) is 0 Å². The summed E-state index contributed by atoms with van der Waals surface area (Å²) in [5, 5.41) is 0. The molecule has 3 rings (SSSR count). The number of benzene rings is 1. The highest BCUT2D eigenvalue weighted by atomic mass is 32.2. The van der Waals surface area contributed by atoms with Crippen molar-refractivity contribution in [3.63, 3.8) is 0 Å². The lowest BCUT2D eigenvalue weighted by Gasteiger charge is -2.35. The molecule has 2 saturated heterocycles. The molecule has 2 aliphatic rings. The summed E-state index contributed by atoms with van der Waals surface area (Å²) in [5.74, 6) is -0.303. The quantitative estimate of drug-likeness (QED) is 0.844. The van der Waals surface area contributed by atoms with Crippen molar-refractivity contribution in [1.29, 1.82) is 0 Å². The van der Waals surface area contributed by atoms with E-state index in [4.69, 9.17) is 4.74 Å². The van der Waals surface area contributed by atoms with Crippen LogP contribution in [-0.4, -0.2) is 49.9 Å². The van der Waals surface area contributed by atoms with E-state index in [0.29, 0.717) is 19.6 Å². The SMILES string of the molecule is COC1CCN(S(=O)(=O)N2CCC[C@H]2c2ccc(F)cc2)CC1. The van der Waals surface area contributed by atoms with Gasteiger partial charge in [0.1, 0.15) is 5.82 Å². The Balaban J connectivity index is 1.77. The molecule has 2 fully saturated rings. The summed E-state index contributed by atoms with van der Waals surface area (Å²) in [6.07, 6.45) is 3.21. The number of methoxy groups -OCH3 is 1. The summed E-state index contributed by atoms with van der Waals surface area (Å²) in [6, 6.07) is 5.96. The standard InChI is InChI=1S/C16H23FN2O3S/c1-22-15-8-11-18(12-9-15)23(20,21)19-10-2-3-16(19)13-4-6-14(17)7-5-13/h4-7,15-16H,2-3,8-12H2,1H3/t16-/m0/s1. The lowest BCUT2D eigenvalue weighted by molar-refractivity contribution is 0.0590. The Hall–Kier alpha value is -1.02. The van der Waals surface area contributed by atoms with Gasteiger partial charge in [-0.2, -0.15) is 17.0 Å². The van der Waals surface area contributed by atoms with Crippen LogP contribution < -0.4 is 0 Å². The van der Waals surface area contributed by atoms with Gasteiger partial charge in [0, 0.05) is 26.7 Å². The number of nitrogens with zero attached hydrogens (tertiary/aromatic N) is 2. The molecule has 2 aliphatic heterocycles. The van der Waals surface area contributed by atoms with Gasteiger partial charge in [-0.05, 0) is 43.4 Å². The van der Waals surface area contributed by atoms with Gasteiger partial charge >= 0.3 is 0 Å². The second-order valence-corrected chi connectivity index (χ2v) is 8.04. The van der Waals surface area contributed by atoms with Crippen LogP contribution in [0, 0.1) is 5.82 Å². The van der Waals surface area contributed by atoms with Crippen LogP contribution in [0.25, 0.3) is 0 Å². The Morgan fingerprint density at radius 1 is 1.09 bits per heavy atom. The van der Waals surface area contributed by atoms with Crippen molar-refractivity contribution in [2.75, 3.05) is 26.7 Å². The molecule has 5 nitrogen and oxygen atoms in total. The molecule has 1 aromatic rings. The Bertz CT molecular complexity index is 627. The Kier molecular flexibility index (Phi) is 5.01. The molecule has 0 spiro atoms. The molecule has 0 aliphatic carbocycles. The number of ether oxygens (including phenoxy) is 1. The highest BCUT2D eigenvalue weighted by molar-refractivity contribution is 7.86. The van der Waals surface area contributed by atoms with Gasteiger partial charge in [0.05, 0.1) is 12.1 Å². The van der Waals surface area contributed by atoms with Crippen molar-refractivity contribution in [2.24, 2.45) is 0 Å². The highest BCUT2D eigenvalue weighted by Gasteiger charge is 2.40. The van der Waals surface area contributed by atoms with E-state index in [-0.39, 0.29) is 18.0 Å². The van der Waals surface area contributed by atoms with Crippen LogP contribution in [0.2, 0.25) is 0 Å². The molecule has 7 heteroatoms. The summed E-state index contributed by atoms with van der Waals surface area (Å²) in [4.78, 5) is 0. The third kappa shape index (κ3) is 3.42. The van der Waals surface area contributed by atoms with Crippen molar-refractivity contribution in [3.8, 4) is 0 Å². The summed E-state index contributed by atoms with van der Waals surface area (Å²) in [6.45, 7) is 1.51. The van der Waals surface area contributed by atoms with Gasteiger partial charge in [0.2, 0.25) is 0 Å². The maximum Gasteiger partial charge on any atom is 0.282 e. The first-order valence-electron chi connectivity index (χ1n) is 8.07. The van der Waals surface area contributed by atoms with Gasteiger partial charge in [-0.15, -0.1) is 0 Å². The lowest BCUT2D eigenvalue weighted by atomic mass is 10.1. The molecule has 0 radical (unpaired) electrons. The summed E-state index contributed by atoms with van der Waals surface area (Å²) >= 11 is 0. The summed E-state index contributed by atoms with van der Waals surface area (Å²) in [7, 11) is -1.82. The second kappa shape index (κ2) is 6.84. The number of halogens is 1. The molecule has 0 aromatic heterocycles. The molecule has 1 aromatic carbocycles. The van der Waals surface area contributed by atoms with Crippen LogP contribution in [0.15, 0.2) is 24.3 Å². The molecule has 2 heterocycles. The third-order valence-electron chi connectivity index (χ3n) is 4.82. The van der Waals surface area contributed by atoms with E-state index in [9.17, 15) is 12.8 Å². The zero-order valence-corrected chi connectivity index (χ0v) is 14.1. The van der Waals surface area contributed by atoms with Gasteiger partial charge in [-0.1, -0.05) is 12.1 Å². The molecule has 0 saturated carbocycles. The van der Waals surface area contributed by atoms with Crippen LogP contribution >= 0.6 is 0 Å². The average molecular weight is 342 g/mol. The number of hydrogen-bond donors (Lipinski definition) is 0. The number of hydrogen-bond acceptors (Lipinski definition) is 3. The third-order valence-corrected chi connectivity index (χ3v) is 6.86. The van der Waals surface area contributed by atoms with Gasteiger partial charge in [0.25, 0.3) is 10.2 Å². The van der Waals surface area contributed by atoms with Crippen molar-refractivity contribution >= 4 is 10.2 Å². The summed E-state index contributed by atoms with van der Waals surface area (Å²) in [5.41, 5.74) is 0.860. The summed E-state index contributed by atoms with van der Waals surface area (Å²) < 4.78 is 47.5. The van der Waals surface area contributed by atoms with Crippen LogP contribution in [0.1, 0.15) is 37.3 Å². The Morgan fingerprint density at radius 2 is 1.74 bits per heavy atom. The molecular formula is C16H23FN2O3S. The normalized spacial score (nSPS) is 25.0. The Labute approximate surface area is 137 Å². The maximum absolute atomic E-state index is 13.1. The minimum atomic E-state index is -3.48. The van der Waals surface area contributed by atoms with Crippen molar-refractivity contribution in [2.45, 2.75) is 37.8 Å². The fourth-order valence-corrected chi connectivity index (χ4v) is 5.36. The smallest absolute Gasteiger partial charge is 0.282 e. The van der Waals surface area contributed by atoms with E-state index in [1.807, 2.05) is 0 Å². The van der Waals surface area contributed by atoms with Gasteiger partial charge in [0.15, 0.2) is 0 Å². The monoisotopic (exact) mass is 342 g/mol. The number of piperidine rings is 1. The molecule has 0 unspecified atom stereocenters. The molecule has 0 amide bonds. The molecule has 0 bridgehead atoms. The molecule has 1 atom stereocenters. The maximum atomic E-state index is 13.1. The lowest BCUT2D eigenvalue weighted by Crippen LogP contribution is -2.47. The highest BCUT2D eigenvalue weighted by Crippen LogP contribution is 2.36. The van der Waals surface area contributed by atoms with Crippen LogP contribution in [-0.2, 0) is 14.9 Å². The fourth-order valence-electron chi connectivity index (χ4n) is 3.48. The van der Waals surface area contributed by atoms with E-state index >= 15 is 0 Å². The van der Waals surface area contributed by atoms with Gasteiger partial charge in [-0.25, -0.2) is 4.39 Å². The van der Waals surface area contributed by atoms with Crippen molar-refractivity contribution in [1.82, 2.24) is 8.61 Å². The zero-order chi connectivity index (χ0) is 16.4. The van der Waals surface area contributed by atoms with Crippen LogP contribution in [0.3, 0.4) is 0 Å². The first kappa shape index (κ1) is 16.8. The number of rotatable bonds is 4. The minimum Gasteiger partial charge on any atom is -0.381 e. The molecule has 0 N–H and O–H groups in total. The van der Waals surface area contributed by atoms with E-state index in [1.54, 1.807) is 27.9 Å². The van der Waals surface area contributed by atoms with E-state index in [0.717, 1.165) is 31.2 Å². The average Bonchev–Trinajstić information content (AvgIpc) is 3.06. The minimum absolute atomic E-state index is 0.146. The topological polar surface area (TPSA) is 49.9 Å². The predicted molar refractivity (Wildman–Crippen MR) is 85.6 cm³/mol. The zero-order valence-electron chi connectivity index (χ0n) is 13.3. The van der Waals surface area contributed by atoms with Crippen molar-refractivity contribution in [3.05, 3.63) is 35.6 Å². The molecule has 23 heavy (non-hydrogen) atoms. The fraction of sp³-hybridized carbons (Fsp3) is 0.625.